The van der Waals surface area contributed by atoms with Crippen LogP contribution in [-0.2, 0) is 19.0 Å². The van der Waals surface area contributed by atoms with E-state index in [0.717, 1.165) is 52.8 Å². The van der Waals surface area contributed by atoms with Crippen molar-refractivity contribution in [1.82, 2.24) is 14.6 Å². The van der Waals surface area contributed by atoms with Crippen LogP contribution in [-0.4, -0.2) is 53.1 Å². The van der Waals surface area contributed by atoms with Gasteiger partial charge < -0.3 is 23.7 Å². The van der Waals surface area contributed by atoms with E-state index in [-0.39, 0.29) is 11.9 Å². The number of esters is 1. The molecule has 0 saturated carbocycles. The highest BCUT2D eigenvalue weighted by Gasteiger charge is 2.35. The second-order valence-corrected chi connectivity index (χ2v) is 13.8. The average molecular weight is 680 g/mol. The van der Waals surface area contributed by atoms with Crippen LogP contribution in [0.5, 0.6) is 11.5 Å². The first-order valence-corrected chi connectivity index (χ1v) is 17.2. The number of hydrogen-bond acceptors (Lipinski definition) is 8. The summed E-state index contributed by atoms with van der Waals surface area (Å²) in [5.41, 5.74) is 6.66. The molecule has 7 rings (SSSR count). The van der Waals surface area contributed by atoms with E-state index in [0.29, 0.717) is 60.3 Å². The van der Waals surface area contributed by atoms with Crippen LogP contribution in [0.2, 0.25) is 0 Å². The molecule has 0 saturated heterocycles. The third-order valence-electron chi connectivity index (χ3n) is 9.02. The second-order valence-electron chi connectivity index (χ2n) is 13.8. The summed E-state index contributed by atoms with van der Waals surface area (Å²) >= 11 is 0. The van der Waals surface area contributed by atoms with E-state index in [9.17, 15) is 9.18 Å². The van der Waals surface area contributed by atoms with Crippen molar-refractivity contribution >= 4 is 11.6 Å². The minimum Gasteiger partial charge on any atom is -0.493 e. The van der Waals surface area contributed by atoms with Gasteiger partial charge in [0.25, 0.3) is 0 Å². The molecule has 0 amide bonds. The molecule has 2 unspecified atom stereocenters. The molecular weight excluding hydrogens is 637 g/mol. The first kappa shape index (κ1) is 33.7. The Morgan fingerprint density at radius 3 is 2.54 bits per heavy atom. The number of ether oxygens (including phenoxy) is 5. The third kappa shape index (κ3) is 6.82. The van der Waals surface area contributed by atoms with Crippen molar-refractivity contribution in [2.75, 3.05) is 26.9 Å². The summed E-state index contributed by atoms with van der Waals surface area (Å²) in [6, 6.07) is 20.5. The van der Waals surface area contributed by atoms with Gasteiger partial charge in [-0.15, -0.1) is 0 Å². The summed E-state index contributed by atoms with van der Waals surface area (Å²) in [5, 5.41) is 5.12. The predicted octanol–water partition coefficient (Wildman–Crippen LogP) is 8.61. The number of hydrogen-bond donors (Lipinski definition) is 0. The number of carbonyl (C=O) groups is 1. The van der Waals surface area contributed by atoms with Gasteiger partial charge in [-0.1, -0.05) is 18.2 Å². The van der Waals surface area contributed by atoms with Crippen molar-refractivity contribution in [3.05, 3.63) is 89.4 Å². The van der Waals surface area contributed by atoms with Crippen LogP contribution in [0.3, 0.4) is 0 Å². The third-order valence-corrected chi connectivity index (χ3v) is 9.02. The van der Waals surface area contributed by atoms with Crippen LogP contribution in [0, 0.1) is 12.7 Å². The summed E-state index contributed by atoms with van der Waals surface area (Å²) in [6.07, 6.45) is 2.02. The van der Waals surface area contributed by atoms with Crippen LogP contribution in [0.1, 0.15) is 75.5 Å². The van der Waals surface area contributed by atoms with Crippen LogP contribution < -0.4 is 9.47 Å². The Bertz CT molecular complexity index is 2050. The number of methoxy groups -OCH3 is 1. The number of aryl methyl sites for hydroxylation is 1. The van der Waals surface area contributed by atoms with E-state index >= 15 is 0 Å². The van der Waals surface area contributed by atoms with E-state index in [1.54, 1.807) is 10.6 Å². The maximum Gasteiger partial charge on any atom is 0.339 e. The van der Waals surface area contributed by atoms with Crippen LogP contribution in [0.25, 0.3) is 39.3 Å². The molecule has 0 spiro atoms. The van der Waals surface area contributed by atoms with Gasteiger partial charge >= 0.3 is 5.97 Å². The largest absolute Gasteiger partial charge is 0.493 e. The number of nitrogens with zero attached hydrogens (tertiary/aromatic N) is 3. The Labute approximate surface area is 291 Å². The molecule has 10 heteroatoms. The fraction of sp³-hybridized carbons (Fsp3) is 0.375. The normalized spacial score (nSPS) is 17.0. The number of aromatic nitrogens is 3. The molecule has 9 nitrogen and oxygen atoms in total. The van der Waals surface area contributed by atoms with Crippen LogP contribution >= 0.6 is 0 Å². The molecule has 260 valence electrons. The molecule has 0 radical (unpaired) electrons. The lowest BCUT2D eigenvalue weighted by Crippen LogP contribution is -2.30. The number of benzene rings is 3. The van der Waals surface area contributed by atoms with Crippen LogP contribution in [0.4, 0.5) is 4.39 Å². The summed E-state index contributed by atoms with van der Waals surface area (Å²) in [5.74, 6) is 0.371. The summed E-state index contributed by atoms with van der Waals surface area (Å²) < 4.78 is 46.6. The van der Waals surface area contributed by atoms with E-state index in [1.807, 2.05) is 70.2 Å². The van der Waals surface area contributed by atoms with Crippen molar-refractivity contribution < 1.29 is 32.9 Å². The van der Waals surface area contributed by atoms with Crippen molar-refractivity contribution in [3.8, 4) is 45.1 Å². The first-order chi connectivity index (χ1) is 24.1. The maximum absolute atomic E-state index is 14.4. The summed E-state index contributed by atoms with van der Waals surface area (Å²) in [7, 11) is 1.36. The highest BCUT2D eigenvalue weighted by Crippen LogP contribution is 2.42. The van der Waals surface area contributed by atoms with Crippen molar-refractivity contribution in [1.29, 1.82) is 0 Å². The highest BCUT2D eigenvalue weighted by atomic mass is 19.1. The lowest BCUT2D eigenvalue weighted by atomic mass is 9.94. The fourth-order valence-electron chi connectivity index (χ4n) is 6.72. The van der Waals surface area contributed by atoms with E-state index in [2.05, 4.69) is 6.07 Å². The Kier molecular flexibility index (Phi) is 9.32. The van der Waals surface area contributed by atoms with Crippen molar-refractivity contribution in [3.63, 3.8) is 0 Å². The molecule has 2 aliphatic heterocycles. The molecular formula is C40H42FN3O6. The topological polar surface area (TPSA) is 93.4 Å². The molecule has 3 aromatic carbocycles. The first-order valence-electron chi connectivity index (χ1n) is 17.2. The number of halogens is 1. The van der Waals surface area contributed by atoms with Gasteiger partial charge in [0, 0.05) is 58.7 Å². The van der Waals surface area contributed by atoms with E-state index in [1.165, 1.54) is 19.2 Å². The predicted molar refractivity (Wildman–Crippen MR) is 188 cm³/mol. The quantitative estimate of drug-likeness (QED) is 0.175. The van der Waals surface area contributed by atoms with Gasteiger partial charge in [0.1, 0.15) is 17.3 Å². The van der Waals surface area contributed by atoms with Gasteiger partial charge in [0.15, 0.2) is 11.8 Å². The monoisotopic (exact) mass is 679 g/mol. The molecule has 2 aliphatic rings. The number of fused-ring (bicyclic) bond motifs is 8. The van der Waals surface area contributed by atoms with Crippen molar-refractivity contribution in [2.24, 2.45) is 0 Å². The van der Waals surface area contributed by atoms with Gasteiger partial charge in [-0.05, 0) is 88.9 Å². The standard InChI is InChI=1S/C40H42FN3O6/c1-24-36(38(39(45)46-5)50-40(2,3)4)37-27-12-15-32-30(21-27)33(16-19-49-32)47-17-7-6-8-18-48-34-22-28(41)13-14-29(34)25-10-9-11-26(20-25)31-23-35(42-24)44(37)43-31/h9-15,20-23,33,38H,6-8,16-19H2,1-5H3. The van der Waals surface area contributed by atoms with Gasteiger partial charge in [0.05, 0.1) is 43.4 Å². The number of carbonyl (C=O) groups excluding carboxylic acids is 1. The Hall–Kier alpha value is -4.80. The lowest BCUT2D eigenvalue weighted by molar-refractivity contribution is -0.164. The van der Waals surface area contributed by atoms with Crippen LogP contribution in [0.15, 0.2) is 66.7 Å². The SMILES string of the molecule is COC(=O)C(OC(C)(C)C)c1c(C)nc2cc3nn2c1-c1ccc2c(c1)C(CCO2)OCCCCCOc1cc(F)ccc1-c1cccc-3c1. The molecule has 0 fully saturated rings. The molecule has 4 heterocycles. The smallest absolute Gasteiger partial charge is 0.339 e. The Balaban J connectivity index is 1.47. The molecule has 6 bridgehead atoms. The minimum absolute atomic E-state index is 0.171. The van der Waals surface area contributed by atoms with Gasteiger partial charge in [-0.3, -0.25) is 0 Å². The molecule has 5 aromatic rings. The zero-order valence-electron chi connectivity index (χ0n) is 29.1. The highest BCUT2D eigenvalue weighted by molar-refractivity contribution is 5.83. The Morgan fingerprint density at radius 2 is 1.72 bits per heavy atom. The average Bonchev–Trinajstić information content (AvgIpc) is 3.52. The number of rotatable bonds is 3. The maximum atomic E-state index is 14.4. The van der Waals surface area contributed by atoms with Gasteiger partial charge in [-0.25, -0.2) is 18.7 Å². The zero-order valence-corrected chi connectivity index (χ0v) is 29.1. The van der Waals surface area contributed by atoms with E-state index < -0.39 is 17.7 Å². The summed E-state index contributed by atoms with van der Waals surface area (Å²) in [6.45, 7) is 9.17. The molecule has 0 aliphatic carbocycles. The molecule has 2 aromatic heterocycles. The van der Waals surface area contributed by atoms with Crippen molar-refractivity contribution in [2.45, 2.75) is 71.2 Å². The molecule has 0 N–H and O–H groups in total. The fourth-order valence-corrected chi connectivity index (χ4v) is 6.72. The van der Waals surface area contributed by atoms with E-state index in [4.69, 9.17) is 33.8 Å². The van der Waals surface area contributed by atoms with Gasteiger partial charge in [-0.2, -0.15) is 5.10 Å². The zero-order chi connectivity index (χ0) is 35.0. The molecule has 50 heavy (non-hydrogen) atoms. The minimum atomic E-state index is -1.08. The molecule has 2 atom stereocenters. The summed E-state index contributed by atoms with van der Waals surface area (Å²) in [4.78, 5) is 18.4. The lowest BCUT2D eigenvalue weighted by Gasteiger charge is -2.29. The Morgan fingerprint density at radius 1 is 0.920 bits per heavy atom. The second kappa shape index (κ2) is 13.8. The van der Waals surface area contributed by atoms with Gasteiger partial charge in [0.2, 0.25) is 0 Å².